The molecule has 93 heavy (non-hydrogen) atoms. The molecule has 0 aliphatic rings. The first-order valence-electron chi connectivity index (χ1n) is 35.8. The van der Waals surface area contributed by atoms with Crippen molar-refractivity contribution in [1.29, 1.82) is 0 Å². The maximum absolute atomic E-state index is 9.14. The fourth-order valence-corrected chi connectivity index (χ4v) is 13.6. The number of benzene rings is 14. The van der Waals surface area contributed by atoms with Gasteiger partial charge in [-0.25, -0.2) is 4.98 Å². The highest BCUT2D eigenvalue weighted by atomic mass is 15.2. The minimum absolute atomic E-state index is 0.0104. The van der Waals surface area contributed by atoms with Gasteiger partial charge in [-0.15, -0.1) is 0 Å². The Hall–Kier alpha value is -12.5. The van der Waals surface area contributed by atoms with Gasteiger partial charge >= 0.3 is 0 Å². The number of aromatic nitrogens is 6. The summed E-state index contributed by atoms with van der Waals surface area (Å²) in [7, 11) is 0. The minimum Gasteiger partial charge on any atom is -0.309 e. The Labute approximate surface area is 551 Å². The predicted octanol–water partition coefficient (Wildman–Crippen LogP) is 22.5. The molecular formula is C87H56N6. The molecule has 0 aliphatic heterocycles. The summed E-state index contributed by atoms with van der Waals surface area (Å²) in [6.07, 6.45) is 0. The zero-order valence-corrected chi connectivity index (χ0v) is 49.7. The first-order valence-corrected chi connectivity index (χ1v) is 30.8. The molecule has 0 radical (unpaired) electrons. The molecule has 0 fully saturated rings. The second kappa shape index (κ2) is 22.2. The van der Waals surface area contributed by atoms with E-state index in [0.717, 1.165) is 99.5 Å². The molecule has 6 heteroatoms. The molecule has 0 spiro atoms. The number of para-hydroxylation sites is 2. The van der Waals surface area contributed by atoms with Crippen LogP contribution >= 0.6 is 0 Å². The maximum Gasteiger partial charge on any atom is 0.238 e. The highest BCUT2D eigenvalue weighted by molar-refractivity contribution is 6.15. The van der Waals surface area contributed by atoms with E-state index in [-0.39, 0.29) is 41.2 Å². The third kappa shape index (κ3) is 9.22. The van der Waals surface area contributed by atoms with Gasteiger partial charge in [0.05, 0.1) is 58.2 Å². The van der Waals surface area contributed by atoms with Crippen molar-refractivity contribution in [3.8, 4) is 107 Å². The van der Waals surface area contributed by atoms with Crippen LogP contribution < -0.4 is 0 Å². The molecule has 0 N–H and O–H groups in total. The third-order valence-electron chi connectivity index (χ3n) is 17.9. The van der Waals surface area contributed by atoms with Crippen molar-refractivity contribution in [2.24, 2.45) is 0 Å². The lowest BCUT2D eigenvalue weighted by molar-refractivity contribution is 0.950. The van der Waals surface area contributed by atoms with Crippen LogP contribution in [0.15, 0.2) is 339 Å². The van der Waals surface area contributed by atoms with Crippen molar-refractivity contribution in [3.05, 3.63) is 339 Å². The lowest BCUT2D eigenvalue weighted by atomic mass is 10.0. The van der Waals surface area contributed by atoms with E-state index in [1.807, 2.05) is 77.4 Å². The topological polar surface area (TPSA) is 53.5 Å². The molecule has 6 nitrogen and oxygen atoms in total. The number of hydrogen-bond donors (Lipinski definition) is 0. The molecule has 18 aromatic rings. The lowest BCUT2D eigenvalue weighted by Crippen LogP contribution is -2.09. The molecular weight excluding hydrogens is 1130 g/mol. The molecule has 0 amide bonds. The molecule has 18 rings (SSSR count). The third-order valence-corrected chi connectivity index (χ3v) is 17.9. The van der Waals surface area contributed by atoms with E-state index >= 15 is 0 Å². The van der Waals surface area contributed by atoms with Crippen LogP contribution in [0.3, 0.4) is 0 Å². The van der Waals surface area contributed by atoms with Gasteiger partial charge in [-0.3, -0.25) is 4.57 Å². The summed E-state index contributed by atoms with van der Waals surface area (Å²) in [4.78, 5) is 16.9. The molecule has 0 saturated carbocycles. The Kier molecular flexibility index (Phi) is 10.5. The average Bonchev–Trinajstić information content (AvgIpc) is 1.60. The SMILES string of the molecule is [2H]c1c([2H])c([2H])c(-c2ccc3c(c2)c2cc(-c4c([2H])c([2H])c([2H])c([2H])c4[2H])ccc2n3-c2nc(-c3ccccc3-n3c4ccc(-c5ccccc5)cc4c4cc(-c5ccccc5)ccc43)nc(-c3ccccc3-n3c4ccc(-c5ccccc5)cc4c4cc(-c5ccccc5)ccc43)n2)c([2H])c1[2H]. The van der Waals surface area contributed by atoms with Crippen molar-refractivity contribution in [2.75, 3.05) is 0 Å². The number of nitrogens with zero attached hydrogens (tertiary/aromatic N) is 6. The van der Waals surface area contributed by atoms with E-state index < -0.39 is 36.3 Å². The van der Waals surface area contributed by atoms with Crippen molar-refractivity contribution < 1.29 is 13.7 Å². The van der Waals surface area contributed by atoms with E-state index in [1.54, 1.807) is 24.3 Å². The van der Waals surface area contributed by atoms with Crippen LogP contribution in [0.2, 0.25) is 0 Å². The summed E-state index contributed by atoms with van der Waals surface area (Å²) >= 11 is 0. The summed E-state index contributed by atoms with van der Waals surface area (Å²) in [6, 6.07) is 90.3. The normalized spacial score (nSPS) is 13.2. The van der Waals surface area contributed by atoms with Gasteiger partial charge in [-0.05, 0) is 164 Å². The molecule has 0 atom stereocenters. The van der Waals surface area contributed by atoms with Gasteiger partial charge < -0.3 is 9.13 Å². The molecule has 4 heterocycles. The number of hydrogen-bond acceptors (Lipinski definition) is 3. The molecule has 4 aromatic heterocycles. The van der Waals surface area contributed by atoms with Gasteiger partial charge in [0.2, 0.25) is 5.95 Å². The summed E-state index contributed by atoms with van der Waals surface area (Å²) in [5.74, 6) is 0.845. The summed E-state index contributed by atoms with van der Waals surface area (Å²) in [6.45, 7) is 0. The van der Waals surface area contributed by atoms with E-state index in [1.165, 1.54) is 0 Å². The zero-order chi connectivity index (χ0) is 70.1. The average molecular weight is 1200 g/mol. The molecule has 434 valence electrons. The Bertz CT molecular complexity index is 5910. The fourth-order valence-electron chi connectivity index (χ4n) is 13.6. The van der Waals surface area contributed by atoms with Crippen LogP contribution in [0.1, 0.15) is 13.7 Å². The maximum atomic E-state index is 9.14. The van der Waals surface area contributed by atoms with Gasteiger partial charge in [0, 0.05) is 43.4 Å². The molecule has 0 unspecified atom stereocenters. The second-order valence-electron chi connectivity index (χ2n) is 23.2. The van der Waals surface area contributed by atoms with Crippen molar-refractivity contribution in [2.45, 2.75) is 0 Å². The second-order valence-corrected chi connectivity index (χ2v) is 23.2. The highest BCUT2D eigenvalue weighted by Gasteiger charge is 2.25. The fraction of sp³-hybridized carbons (Fsp3) is 0. The predicted molar refractivity (Wildman–Crippen MR) is 386 cm³/mol. The minimum atomic E-state index is -0.524. The molecule has 0 bridgehead atoms. The van der Waals surface area contributed by atoms with Crippen molar-refractivity contribution in [1.82, 2.24) is 28.7 Å². The number of fused-ring (bicyclic) bond motifs is 9. The first-order chi connectivity index (χ1) is 50.3. The Balaban J connectivity index is 0.926. The lowest BCUT2D eigenvalue weighted by Gasteiger charge is -2.17. The first kappa shape index (κ1) is 44.0. The summed E-state index contributed by atoms with van der Waals surface area (Å²) in [5.41, 5.74) is 17.1. The van der Waals surface area contributed by atoms with Gasteiger partial charge in [0.25, 0.3) is 0 Å². The molecule has 0 aliphatic carbocycles. The van der Waals surface area contributed by atoms with E-state index in [2.05, 4.69) is 191 Å². The summed E-state index contributed by atoms with van der Waals surface area (Å²) in [5, 5.41) is 5.24. The van der Waals surface area contributed by atoms with Crippen LogP contribution in [0.5, 0.6) is 0 Å². The van der Waals surface area contributed by atoms with Gasteiger partial charge in [-0.2, -0.15) is 9.97 Å². The summed E-state index contributed by atoms with van der Waals surface area (Å²) < 4.78 is 94.9. The van der Waals surface area contributed by atoms with Crippen LogP contribution in [0, 0.1) is 0 Å². The molecule has 14 aromatic carbocycles. The van der Waals surface area contributed by atoms with E-state index in [9.17, 15) is 0 Å². The standard InChI is InChI=1S/C87H56N6/c1-7-23-57(24-8-1)63-39-45-79-71(51-63)72-52-64(58-25-9-2-10-26-58)40-46-80(72)91(79)77-37-21-19-35-69(77)85-88-86(90-87(89-85)93-83-49-43-67(61-31-15-5-16-32-61)55-75(83)76-56-68(44-50-84(76)93)62-33-17-6-18-34-62)70-36-20-22-38-78(70)92-81-47-41-65(59-27-11-3-12-28-59)53-73(81)74-54-66(42-48-82(74)92)60-29-13-4-14-30-60/h1-56H/i5D,6D,15D,16D,17D,18D,31D,32D,33D,34D. The van der Waals surface area contributed by atoms with Crippen LogP contribution in [-0.2, 0) is 0 Å². The van der Waals surface area contributed by atoms with Gasteiger partial charge in [-0.1, -0.05) is 242 Å². The largest absolute Gasteiger partial charge is 0.309 e. The van der Waals surface area contributed by atoms with E-state index in [0.29, 0.717) is 55.7 Å². The zero-order valence-electron chi connectivity index (χ0n) is 59.7. The molecule has 0 saturated heterocycles. The van der Waals surface area contributed by atoms with Crippen molar-refractivity contribution >= 4 is 65.4 Å². The van der Waals surface area contributed by atoms with Gasteiger partial charge in [0.1, 0.15) is 0 Å². The van der Waals surface area contributed by atoms with Crippen LogP contribution in [0.4, 0.5) is 0 Å². The Morgan fingerprint density at radius 2 is 0.473 bits per heavy atom. The number of rotatable bonds is 11. The highest BCUT2D eigenvalue weighted by Crippen LogP contribution is 2.44. The van der Waals surface area contributed by atoms with Crippen LogP contribution in [0.25, 0.3) is 172 Å². The van der Waals surface area contributed by atoms with Crippen LogP contribution in [-0.4, -0.2) is 28.7 Å². The Morgan fingerprint density at radius 3 is 0.774 bits per heavy atom. The van der Waals surface area contributed by atoms with Crippen molar-refractivity contribution in [3.63, 3.8) is 0 Å². The van der Waals surface area contributed by atoms with E-state index in [4.69, 9.17) is 28.7 Å². The quantitative estimate of drug-likeness (QED) is 0.130. The smallest absolute Gasteiger partial charge is 0.238 e. The Morgan fingerprint density at radius 1 is 0.215 bits per heavy atom. The van der Waals surface area contributed by atoms with Gasteiger partial charge in [0.15, 0.2) is 11.6 Å². The monoisotopic (exact) mass is 1190 g/mol.